The number of nitrogens with zero attached hydrogens (tertiary/aromatic N) is 1. The molecule has 7 heteroatoms. The molecule has 0 aliphatic carbocycles. The van der Waals surface area contributed by atoms with Crippen molar-refractivity contribution in [3.8, 4) is 11.5 Å². The molecule has 0 radical (unpaired) electrons. The van der Waals surface area contributed by atoms with Crippen LogP contribution in [-0.4, -0.2) is 23.5 Å². The number of carbonyl (C=O) groups excluding carboxylic acids is 2. The number of benzene rings is 2. The molecule has 0 spiro atoms. The number of hydrogen-bond acceptors (Lipinski definition) is 5. The fourth-order valence-corrected chi connectivity index (χ4v) is 2.56. The quantitative estimate of drug-likeness (QED) is 0.589. The maximum Gasteiger partial charge on any atom is 0.340 e. The molecule has 0 fully saturated rings. The highest BCUT2D eigenvalue weighted by Crippen LogP contribution is 2.29. The number of nitrogens with one attached hydrogen (secondary N) is 1. The Hall–Kier alpha value is -3.19. The van der Waals surface area contributed by atoms with E-state index in [0.717, 1.165) is 0 Å². The van der Waals surface area contributed by atoms with Gasteiger partial charge >= 0.3 is 5.97 Å². The van der Waals surface area contributed by atoms with Crippen LogP contribution >= 0.6 is 15.9 Å². The summed E-state index contributed by atoms with van der Waals surface area (Å²) in [5.74, 6) is 0.0236. The van der Waals surface area contributed by atoms with E-state index in [-0.39, 0.29) is 5.56 Å². The molecule has 136 valence electrons. The van der Waals surface area contributed by atoms with Gasteiger partial charge < -0.3 is 14.8 Å². The number of rotatable bonds is 6. The Balaban J connectivity index is 1.60. The van der Waals surface area contributed by atoms with Crippen LogP contribution in [-0.2, 0) is 9.53 Å². The standard InChI is InChI=1S/C20H15BrN2O4/c21-15-10-14(11-22-12-15)20(25)26-13-19(24)23-17-8-4-5-9-18(17)27-16-6-2-1-3-7-16/h1-12H,13H2,(H,23,24). The molecule has 6 nitrogen and oxygen atoms in total. The fraction of sp³-hybridized carbons (Fsp3) is 0.0500. The van der Waals surface area contributed by atoms with Crippen molar-refractivity contribution in [2.24, 2.45) is 0 Å². The first-order valence-corrected chi connectivity index (χ1v) is 8.80. The molecule has 3 aromatic rings. The third-order valence-corrected chi connectivity index (χ3v) is 3.84. The lowest BCUT2D eigenvalue weighted by Crippen LogP contribution is -2.21. The maximum atomic E-state index is 12.2. The zero-order valence-electron chi connectivity index (χ0n) is 14.1. The third-order valence-electron chi connectivity index (χ3n) is 3.41. The van der Waals surface area contributed by atoms with Gasteiger partial charge in [0.25, 0.3) is 5.91 Å². The molecule has 0 atom stereocenters. The number of esters is 1. The zero-order valence-corrected chi connectivity index (χ0v) is 15.7. The minimum absolute atomic E-state index is 0.255. The molecule has 0 saturated heterocycles. The van der Waals surface area contributed by atoms with Gasteiger partial charge in [-0.1, -0.05) is 30.3 Å². The van der Waals surface area contributed by atoms with Gasteiger partial charge in [0.1, 0.15) is 5.75 Å². The average molecular weight is 427 g/mol. The van der Waals surface area contributed by atoms with Crippen molar-refractivity contribution in [1.82, 2.24) is 4.98 Å². The molecular formula is C20H15BrN2O4. The van der Waals surface area contributed by atoms with Crippen molar-refractivity contribution >= 4 is 33.5 Å². The van der Waals surface area contributed by atoms with Gasteiger partial charge in [0, 0.05) is 16.9 Å². The third kappa shape index (κ3) is 5.39. The number of para-hydroxylation sites is 3. The molecule has 0 aliphatic rings. The van der Waals surface area contributed by atoms with Crippen LogP contribution in [0.5, 0.6) is 11.5 Å². The first-order valence-electron chi connectivity index (χ1n) is 8.01. The van der Waals surface area contributed by atoms with Crippen LogP contribution in [0.1, 0.15) is 10.4 Å². The molecule has 0 bridgehead atoms. The Kier molecular flexibility index (Phi) is 6.17. The normalized spacial score (nSPS) is 10.1. The maximum absolute atomic E-state index is 12.2. The van der Waals surface area contributed by atoms with E-state index in [1.165, 1.54) is 6.20 Å². The second-order valence-corrected chi connectivity index (χ2v) is 6.34. The molecule has 1 aromatic heterocycles. The van der Waals surface area contributed by atoms with E-state index in [1.807, 2.05) is 30.3 Å². The summed E-state index contributed by atoms with van der Waals surface area (Å²) in [7, 11) is 0. The number of anilines is 1. The van der Waals surface area contributed by atoms with Crippen LogP contribution in [0.15, 0.2) is 77.5 Å². The summed E-state index contributed by atoms with van der Waals surface area (Å²) in [6.07, 6.45) is 2.92. The zero-order chi connectivity index (χ0) is 19.1. The predicted octanol–water partition coefficient (Wildman–Crippen LogP) is 4.43. The van der Waals surface area contributed by atoms with Gasteiger partial charge in [0.2, 0.25) is 0 Å². The van der Waals surface area contributed by atoms with Crippen molar-refractivity contribution in [3.63, 3.8) is 0 Å². The van der Waals surface area contributed by atoms with Gasteiger partial charge in [-0.25, -0.2) is 4.79 Å². The van der Waals surface area contributed by atoms with Crippen molar-refractivity contribution in [2.45, 2.75) is 0 Å². The van der Waals surface area contributed by atoms with Crippen LogP contribution in [0.25, 0.3) is 0 Å². The second kappa shape index (κ2) is 8.95. The van der Waals surface area contributed by atoms with Crippen molar-refractivity contribution in [1.29, 1.82) is 0 Å². The molecule has 0 unspecified atom stereocenters. The molecule has 2 aromatic carbocycles. The summed E-state index contributed by atoms with van der Waals surface area (Å²) in [4.78, 5) is 28.0. The first kappa shape index (κ1) is 18.6. The Labute approximate surface area is 164 Å². The summed E-state index contributed by atoms with van der Waals surface area (Å²) < 4.78 is 11.5. The van der Waals surface area contributed by atoms with Crippen LogP contribution in [0, 0.1) is 0 Å². The predicted molar refractivity (Wildman–Crippen MR) is 104 cm³/mol. The minimum Gasteiger partial charge on any atom is -0.455 e. The summed E-state index contributed by atoms with van der Waals surface area (Å²) in [5.41, 5.74) is 0.733. The Bertz CT molecular complexity index is 947. The van der Waals surface area contributed by atoms with E-state index < -0.39 is 18.5 Å². The van der Waals surface area contributed by atoms with Gasteiger partial charge in [-0.05, 0) is 46.3 Å². The monoisotopic (exact) mass is 426 g/mol. The van der Waals surface area contributed by atoms with Gasteiger partial charge in [-0.15, -0.1) is 0 Å². The minimum atomic E-state index is -0.632. The topological polar surface area (TPSA) is 77.5 Å². The highest BCUT2D eigenvalue weighted by Gasteiger charge is 2.13. The Morgan fingerprint density at radius 2 is 1.74 bits per heavy atom. The molecule has 1 amide bonds. The molecule has 0 saturated carbocycles. The Morgan fingerprint density at radius 1 is 1.00 bits per heavy atom. The van der Waals surface area contributed by atoms with E-state index in [2.05, 4.69) is 26.2 Å². The van der Waals surface area contributed by atoms with E-state index in [4.69, 9.17) is 9.47 Å². The number of carbonyl (C=O) groups is 2. The number of hydrogen-bond donors (Lipinski definition) is 1. The van der Waals surface area contributed by atoms with Gasteiger partial charge in [-0.3, -0.25) is 9.78 Å². The number of ether oxygens (including phenoxy) is 2. The lowest BCUT2D eigenvalue weighted by molar-refractivity contribution is -0.119. The van der Waals surface area contributed by atoms with E-state index >= 15 is 0 Å². The second-order valence-electron chi connectivity index (χ2n) is 5.43. The Morgan fingerprint density at radius 3 is 2.52 bits per heavy atom. The highest BCUT2D eigenvalue weighted by molar-refractivity contribution is 9.10. The van der Waals surface area contributed by atoms with Crippen LogP contribution < -0.4 is 10.1 Å². The van der Waals surface area contributed by atoms with Gasteiger partial charge in [0.15, 0.2) is 12.4 Å². The van der Waals surface area contributed by atoms with Gasteiger partial charge in [-0.2, -0.15) is 0 Å². The molecule has 1 heterocycles. The van der Waals surface area contributed by atoms with Crippen LogP contribution in [0.3, 0.4) is 0 Å². The van der Waals surface area contributed by atoms with Crippen molar-refractivity contribution in [3.05, 3.63) is 83.1 Å². The van der Waals surface area contributed by atoms with Crippen molar-refractivity contribution in [2.75, 3.05) is 11.9 Å². The number of pyridine rings is 1. The van der Waals surface area contributed by atoms with Crippen molar-refractivity contribution < 1.29 is 19.1 Å². The smallest absolute Gasteiger partial charge is 0.340 e. The lowest BCUT2D eigenvalue weighted by atomic mass is 10.3. The first-order chi connectivity index (χ1) is 13.1. The molecular weight excluding hydrogens is 412 g/mol. The largest absolute Gasteiger partial charge is 0.455 e. The molecule has 1 N–H and O–H groups in total. The molecule has 27 heavy (non-hydrogen) atoms. The van der Waals surface area contributed by atoms with E-state index in [0.29, 0.717) is 21.7 Å². The lowest BCUT2D eigenvalue weighted by Gasteiger charge is -2.12. The van der Waals surface area contributed by atoms with Gasteiger partial charge in [0.05, 0.1) is 11.3 Å². The summed E-state index contributed by atoms with van der Waals surface area (Å²) in [5, 5.41) is 2.68. The number of halogens is 1. The highest BCUT2D eigenvalue weighted by atomic mass is 79.9. The van der Waals surface area contributed by atoms with Crippen LogP contribution in [0.4, 0.5) is 5.69 Å². The average Bonchev–Trinajstić information content (AvgIpc) is 2.68. The molecule has 0 aliphatic heterocycles. The summed E-state index contributed by atoms with van der Waals surface area (Å²) in [6.45, 7) is -0.426. The van der Waals surface area contributed by atoms with E-state index in [9.17, 15) is 9.59 Å². The van der Waals surface area contributed by atoms with E-state index in [1.54, 1.807) is 36.5 Å². The number of amides is 1. The fourth-order valence-electron chi connectivity index (χ4n) is 2.20. The number of aromatic nitrogens is 1. The molecule has 3 rings (SSSR count). The van der Waals surface area contributed by atoms with Crippen LogP contribution in [0.2, 0.25) is 0 Å². The summed E-state index contributed by atoms with van der Waals surface area (Å²) in [6, 6.07) is 17.8. The summed E-state index contributed by atoms with van der Waals surface area (Å²) >= 11 is 3.23. The SMILES string of the molecule is O=C(COC(=O)c1cncc(Br)c1)Nc1ccccc1Oc1ccccc1.